The molecule has 0 bridgehead atoms. The van der Waals surface area contributed by atoms with E-state index in [2.05, 4.69) is 0 Å². The van der Waals surface area contributed by atoms with E-state index >= 15 is 0 Å². The largest absolute Gasteiger partial charge is 0.394 e. The van der Waals surface area contributed by atoms with Crippen LogP contribution in [0.4, 0.5) is 8.78 Å². The molecule has 0 aromatic rings. The van der Waals surface area contributed by atoms with Crippen LogP contribution in [0.2, 0.25) is 0 Å². The van der Waals surface area contributed by atoms with Crippen molar-refractivity contribution in [3.8, 4) is 0 Å². The number of hydrogen-bond donors (Lipinski definition) is 1. The Morgan fingerprint density at radius 3 is 2.36 bits per heavy atom. The third-order valence-electron chi connectivity index (χ3n) is 3.53. The molecule has 1 saturated carbocycles. The molecule has 1 atom stereocenters. The van der Waals surface area contributed by atoms with Crippen molar-refractivity contribution in [1.29, 1.82) is 0 Å². The van der Waals surface area contributed by atoms with Crippen LogP contribution in [0.1, 0.15) is 32.1 Å². The van der Waals surface area contributed by atoms with Crippen molar-refractivity contribution in [3.63, 3.8) is 0 Å². The molecule has 0 radical (unpaired) electrons. The maximum absolute atomic E-state index is 12.9. The average molecular weight is 206 g/mol. The maximum atomic E-state index is 12.9. The Morgan fingerprint density at radius 2 is 1.86 bits per heavy atom. The topological polar surface area (TPSA) is 29.5 Å². The standard InChI is InChI=1S/C10H16F2O2/c11-10(12)3-1-9(2-4-10)5-8(6-13)14-7-9/h8,13H,1-7H2. The van der Waals surface area contributed by atoms with Gasteiger partial charge in [0, 0.05) is 12.8 Å². The Balaban J connectivity index is 1.94. The molecule has 2 nitrogen and oxygen atoms in total. The molecule has 0 aromatic carbocycles. The molecule has 2 aliphatic rings. The third-order valence-corrected chi connectivity index (χ3v) is 3.53. The average Bonchev–Trinajstić information content (AvgIpc) is 2.56. The lowest BCUT2D eigenvalue weighted by Crippen LogP contribution is -2.33. The molecule has 82 valence electrons. The fraction of sp³-hybridized carbons (Fsp3) is 1.00. The van der Waals surface area contributed by atoms with E-state index in [0.29, 0.717) is 19.4 Å². The lowest BCUT2D eigenvalue weighted by atomic mass is 9.71. The van der Waals surface area contributed by atoms with Crippen LogP contribution in [0.3, 0.4) is 0 Å². The molecule has 0 aromatic heterocycles. The van der Waals surface area contributed by atoms with Crippen LogP contribution in [0.5, 0.6) is 0 Å². The van der Waals surface area contributed by atoms with Crippen molar-refractivity contribution in [1.82, 2.24) is 0 Å². The summed E-state index contributed by atoms with van der Waals surface area (Å²) in [5.74, 6) is -2.47. The molecule has 4 heteroatoms. The van der Waals surface area contributed by atoms with E-state index in [1.807, 2.05) is 0 Å². The van der Waals surface area contributed by atoms with Crippen LogP contribution in [0.25, 0.3) is 0 Å². The monoisotopic (exact) mass is 206 g/mol. The number of alkyl halides is 2. The minimum absolute atomic E-state index is 0.0120. The lowest BCUT2D eigenvalue weighted by molar-refractivity contribution is -0.0680. The Kier molecular flexibility index (Phi) is 2.52. The fourth-order valence-electron chi connectivity index (χ4n) is 2.51. The van der Waals surface area contributed by atoms with Gasteiger partial charge in [0.25, 0.3) is 0 Å². The minimum atomic E-state index is -2.47. The first-order valence-electron chi connectivity index (χ1n) is 5.16. The van der Waals surface area contributed by atoms with E-state index in [4.69, 9.17) is 9.84 Å². The molecule has 0 amide bonds. The second-order valence-electron chi connectivity index (χ2n) is 4.68. The summed E-state index contributed by atoms with van der Waals surface area (Å²) in [5, 5.41) is 8.91. The summed E-state index contributed by atoms with van der Waals surface area (Å²) in [6, 6.07) is 0. The van der Waals surface area contributed by atoms with Crippen LogP contribution >= 0.6 is 0 Å². The van der Waals surface area contributed by atoms with Gasteiger partial charge in [0.05, 0.1) is 19.3 Å². The highest BCUT2D eigenvalue weighted by Crippen LogP contribution is 2.49. The van der Waals surface area contributed by atoms with Crippen molar-refractivity contribution >= 4 is 0 Å². The van der Waals surface area contributed by atoms with Gasteiger partial charge in [-0.1, -0.05) is 0 Å². The van der Waals surface area contributed by atoms with Gasteiger partial charge in [-0.15, -0.1) is 0 Å². The van der Waals surface area contributed by atoms with Gasteiger partial charge in [-0.3, -0.25) is 0 Å². The molecular weight excluding hydrogens is 190 g/mol. The number of rotatable bonds is 1. The fourth-order valence-corrected chi connectivity index (χ4v) is 2.51. The van der Waals surface area contributed by atoms with Crippen molar-refractivity contribution < 1.29 is 18.6 Å². The first-order valence-corrected chi connectivity index (χ1v) is 5.16. The van der Waals surface area contributed by atoms with Crippen molar-refractivity contribution in [2.75, 3.05) is 13.2 Å². The second kappa shape index (κ2) is 3.42. The van der Waals surface area contributed by atoms with Crippen molar-refractivity contribution in [2.24, 2.45) is 5.41 Å². The quantitative estimate of drug-likeness (QED) is 0.710. The van der Waals surface area contributed by atoms with Gasteiger partial charge >= 0.3 is 0 Å². The van der Waals surface area contributed by atoms with Crippen LogP contribution in [-0.2, 0) is 4.74 Å². The highest BCUT2D eigenvalue weighted by Gasteiger charge is 2.47. The zero-order valence-corrected chi connectivity index (χ0v) is 8.14. The number of ether oxygens (including phenoxy) is 1. The third kappa shape index (κ3) is 1.91. The predicted molar refractivity (Wildman–Crippen MR) is 47.3 cm³/mol. The summed E-state index contributed by atoms with van der Waals surface area (Å²) in [6.07, 6.45) is 1.66. The summed E-state index contributed by atoms with van der Waals surface area (Å²) in [4.78, 5) is 0. The molecular formula is C10H16F2O2. The summed E-state index contributed by atoms with van der Waals surface area (Å²) in [6.45, 7) is 0.562. The minimum Gasteiger partial charge on any atom is -0.394 e. The van der Waals surface area contributed by atoms with Crippen molar-refractivity contribution in [2.45, 2.75) is 44.1 Å². The van der Waals surface area contributed by atoms with Gasteiger partial charge in [-0.2, -0.15) is 0 Å². The van der Waals surface area contributed by atoms with Gasteiger partial charge in [0.1, 0.15) is 0 Å². The van der Waals surface area contributed by atoms with E-state index in [1.54, 1.807) is 0 Å². The molecule has 2 rings (SSSR count). The Labute approximate surface area is 82.3 Å². The van der Waals surface area contributed by atoms with Gasteiger partial charge in [0.15, 0.2) is 0 Å². The number of hydrogen-bond acceptors (Lipinski definition) is 2. The SMILES string of the molecule is OCC1CC2(CCC(F)(F)CC2)CO1. The van der Waals surface area contributed by atoms with E-state index < -0.39 is 5.92 Å². The molecule has 1 unspecified atom stereocenters. The van der Waals surface area contributed by atoms with Crippen LogP contribution in [-0.4, -0.2) is 30.3 Å². The van der Waals surface area contributed by atoms with Crippen LogP contribution in [0.15, 0.2) is 0 Å². The van der Waals surface area contributed by atoms with E-state index in [1.165, 1.54) is 0 Å². The Morgan fingerprint density at radius 1 is 1.21 bits per heavy atom. The molecule has 1 heterocycles. The summed E-state index contributed by atoms with van der Waals surface area (Å²) in [7, 11) is 0. The zero-order valence-electron chi connectivity index (χ0n) is 8.14. The molecule has 2 fully saturated rings. The van der Waals surface area contributed by atoms with E-state index in [9.17, 15) is 8.78 Å². The van der Waals surface area contributed by atoms with Crippen molar-refractivity contribution in [3.05, 3.63) is 0 Å². The van der Waals surface area contributed by atoms with Gasteiger partial charge in [-0.05, 0) is 24.7 Å². The summed E-state index contributed by atoms with van der Waals surface area (Å²) < 4.78 is 31.2. The van der Waals surface area contributed by atoms with Crippen LogP contribution < -0.4 is 0 Å². The van der Waals surface area contributed by atoms with Gasteiger partial charge in [-0.25, -0.2) is 8.78 Å². The normalized spacial score (nSPS) is 34.9. The summed E-state index contributed by atoms with van der Waals surface area (Å²) >= 11 is 0. The van der Waals surface area contributed by atoms with Crippen LogP contribution in [0, 0.1) is 5.41 Å². The zero-order chi connectivity index (χ0) is 10.2. The molecule has 1 aliphatic heterocycles. The predicted octanol–water partition coefficient (Wildman–Crippen LogP) is 1.96. The highest BCUT2D eigenvalue weighted by molar-refractivity contribution is 4.93. The number of halogens is 2. The van der Waals surface area contributed by atoms with Gasteiger partial charge < -0.3 is 9.84 Å². The smallest absolute Gasteiger partial charge is 0.248 e. The second-order valence-corrected chi connectivity index (χ2v) is 4.68. The Hall–Kier alpha value is -0.220. The Bertz CT molecular complexity index is 208. The molecule has 1 aliphatic carbocycles. The van der Waals surface area contributed by atoms with E-state index in [-0.39, 0.29) is 31.0 Å². The molecule has 1 spiro atoms. The lowest BCUT2D eigenvalue weighted by Gasteiger charge is -2.35. The number of aliphatic hydroxyl groups excluding tert-OH is 1. The molecule has 14 heavy (non-hydrogen) atoms. The van der Waals surface area contributed by atoms with E-state index in [0.717, 1.165) is 6.42 Å². The first-order chi connectivity index (χ1) is 6.55. The van der Waals surface area contributed by atoms with Gasteiger partial charge in [0.2, 0.25) is 5.92 Å². The molecule has 1 saturated heterocycles. The number of aliphatic hydroxyl groups is 1. The highest BCUT2D eigenvalue weighted by atomic mass is 19.3. The molecule has 1 N–H and O–H groups in total. The summed E-state index contributed by atoms with van der Waals surface area (Å²) in [5.41, 5.74) is -0.0604. The maximum Gasteiger partial charge on any atom is 0.248 e. The first kappa shape index (κ1) is 10.3.